The number of rotatable bonds is 6. The molecule has 0 saturated heterocycles. The van der Waals surface area contributed by atoms with E-state index in [4.69, 9.17) is 9.47 Å². The molecule has 0 bridgehead atoms. The molecule has 2 atom stereocenters. The van der Waals surface area contributed by atoms with E-state index in [-0.39, 0.29) is 6.61 Å². The van der Waals surface area contributed by atoms with E-state index in [2.05, 4.69) is 0 Å². The summed E-state index contributed by atoms with van der Waals surface area (Å²) in [4.78, 5) is 0. The SMILES string of the molecule is CCC(O)C(O)OCc1ccc(OC)cc1. The van der Waals surface area contributed by atoms with Gasteiger partial charge in [-0.05, 0) is 24.1 Å². The zero-order chi connectivity index (χ0) is 12.0. The molecular formula is C12H18O4. The zero-order valence-electron chi connectivity index (χ0n) is 9.59. The molecule has 0 amide bonds. The van der Waals surface area contributed by atoms with Gasteiger partial charge in [-0.25, -0.2) is 0 Å². The first kappa shape index (κ1) is 13.0. The molecule has 0 saturated carbocycles. The summed E-state index contributed by atoms with van der Waals surface area (Å²) in [5, 5.41) is 18.7. The van der Waals surface area contributed by atoms with Crippen LogP contribution in [-0.2, 0) is 11.3 Å². The van der Waals surface area contributed by atoms with Crippen molar-refractivity contribution in [3.63, 3.8) is 0 Å². The minimum Gasteiger partial charge on any atom is -0.497 e. The Kier molecular flexibility index (Phi) is 5.25. The van der Waals surface area contributed by atoms with Crippen LogP contribution in [0.5, 0.6) is 5.75 Å². The molecular weight excluding hydrogens is 208 g/mol. The lowest BCUT2D eigenvalue weighted by molar-refractivity contribution is -0.168. The number of benzene rings is 1. The predicted molar refractivity (Wildman–Crippen MR) is 60.1 cm³/mol. The van der Waals surface area contributed by atoms with Crippen LogP contribution in [0.15, 0.2) is 24.3 Å². The Labute approximate surface area is 95.4 Å². The highest BCUT2D eigenvalue weighted by atomic mass is 16.6. The summed E-state index contributed by atoms with van der Waals surface area (Å²) in [6.45, 7) is 2.05. The van der Waals surface area contributed by atoms with E-state index in [0.29, 0.717) is 6.42 Å². The van der Waals surface area contributed by atoms with E-state index < -0.39 is 12.4 Å². The first-order valence-corrected chi connectivity index (χ1v) is 5.28. The van der Waals surface area contributed by atoms with E-state index in [0.717, 1.165) is 11.3 Å². The molecule has 4 heteroatoms. The molecule has 1 aromatic rings. The van der Waals surface area contributed by atoms with Gasteiger partial charge in [0.2, 0.25) is 0 Å². The van der Waals surface area contributed by atoms with Gasteiger partial charge in [0, 0.05) is 0 Å². The van der Waals surface area contributed by atoms with Crippen LogP contribution < -0.4 is 4.74 Å². The quantitative estimate of drug-likeness (QED) is 0.718. The van der Waals surface area contributed by atoms with E-state index >= 15 is 0 Å². The predicted octanol–water partition coefficient (Wildman–Crippen LogP) is 1.30. The van der Waals surface area contributed by atoms with Gasteiger partial charge in [-0.2, -0.15) is 0 Å². The second-order valence-electron chi connectivity index (χ2n) is 3.53. The third kappa shape index (κ3) is 3.81. The summed E-state index contributed by atoms with van der Waals surface area (Å²) in [5.74, 6) is 0.776. The van der Waals surface area contributed by atoms with Crippen LogP contribution in [-0.4, -0.2) is 29.7 Å². The van der Waals surface area contributed by atoms with Crippen molar-refractivity contribution in [2.45, 2.75) is 32.3 Å². The molecule has 90 valence electrons. The lowest BCUT2D eigenvalue weighted by atomic mass is 10.2. The Balaban J connectivity index is 2.42. The van der Waals surface area contributed by atoms with Gasteiger partial charge in [0.25, 0.3) is 0 Å². The maximum atomic E-state index is 9.38. The van der Waals surface area contributed by atoms with E-state index in [1.807, 2.05) is 24.3 Å². The van der Waals surface area contributed by atoms with Crippen LogP contribution in [0, 0.1) is 0 Å². The van der Waals surface area contributed by atoms with Gasteiger partial charge in [-0.15, -0.1) is 0 Å². The lowest BCUT2D eigenvalue weighted by Crippen LogP contribution is -2.27. The Morgan fingerprint density at radius 1 is 1.19 bits per heavy atom. The van der Waals surface area contributed by atoms with Gasteiger partial charge in [-0.3, -0.25) is 0 Å². The first-order valence-electron chi connectivity index (χ1n) is 5.28. The summed E-state index contributed by atoms with van der Waals surface area (Å²) in [5.41, 5.74) is 0.920. The van der Waals surface area contributed by atoms with Crippen molar-refractivity contribution in [2.75, 3.05) is 7.11 Å². The summed E-state index contributed by atoms with van der Waals surface area (Å²) in [6.07, 6.45) is -1.51. The van der Waals surface area contributed by atoms with Gasteiger partial charge in [-0.1, -0.05) is 19.1 Å². The summed E-state index contributed by atoms with van der Waals surface area (Å²) >= 11 is 0. The molecule has 2 unspecified atom stereocenters. The molecule has 0 spiro atoms. The fourth-order valence-corrected chi connectivity index (χ4v) is 1.22. The highest BCUT2D eigenvalue weighted by Crippen LogP contribution is 2.13. The number of methoxy groups -OCH3 is 1. The smallest absolute Gasteiger partial charge is 0.181 e. The van der Waals surface area contributed by atoms with E-state index in [1.165, 1.54) is 0 Å². The number of hydrogen-bond acceptors (Lipinski definition) is 4. The van der Waals surface area contributed by atoms with Crippen LogP contribution in [0.1, 0.15) is 18.9 Å². The molecule has 4 nitrogen and oxygen atoms in total. The van der Waals surface area contributed by atoms with Gasteiger partial charge in [0.15, 0.2) is 6.29 Å². The van der Waals surface area contributed by atoms with E-state index in [9.17, 15) is 10.2 Å². The summed E-state index contributed by atoms with van der Waals surface area (Å²) in [7, 11) is 1.60. The lowest BCUT2D eigenvalue weighted by Gasteiger charge is -2.16. The molecule has 0 aromatic heterocycles. The minimum atomic E-state index is -1.13. The molecule has 0 radical (unpaired) electrons. The van der Waals surface area contributed by atoms with Crippen LogP contribution in [0.2, 0.25) is 0 Å². The third-order valence-corrected chi connectivity index (χ3v) is 2.33. The Bertz CT molecular complexity index is 296. The molecule has 0 fully saturated rings. The fourth-order valence-electron chi connectivity index (χ4n) is 1.22. The topological polar surface area (TPSA) is 58.9 Å². The molecule has 0 aliphatic carbocycles. The van der Waals surface area contributed by atoms with Crippen LogP contribution in [0.3, 0.4) is 0 Å². The second kappa shape index (κ2) is 6.48. The number of aliphatic hydroxyl groups excluding tert-OH is 2. The Hall–Kier alpha value is -1.10. The average molecular weight is 226 g/mol. The summed E-state index contributed by atoms with van der Waals surface area (Å²) < 4.78 is 10.1. The van der Waals surface area contributed by atoms with Crippen LogP contribution in [0.25, 0.3) is 0 Å². The van der Waals surface area contributed by atoms with Crippen molar-refractivity contribution in [2.24, 2.45) is 0 Å². The van der Waals surface area contributed by atoms with Gasteiger partial charge in [0.05, 0.1) is 13.7 Å². The first-order chi connectivity index (χ1) is 7.67. The maximum absolute atomic E-state index is 9.38. The van der Waals surface area contributed by atoms with Crippen molar-refractivity contribution >= 4 is 0 Å². The maximum Gasteiger partial charge on any atom is 0.181 e. The third-order valence-electron chi connectivity index (χ3n) is 2.33. The largest absolute Gasteiger partial charge is 0.497 e. The highest BCUT2D eigenvalue weighted by molar-refractivity contribution is 5.26. The van der Waals surface area contributed by atoms with Crippen LogP contribution >= 0.6 is 0 Å². The van der Waals surface area contributed by atoms with Crippen molar-refractivity contribution in [3.8, 4) is 5.75 Å². The number of hydrogen-bond donors (Lipinski definition) is 2. The fraction of sp³-hybridized carbons (Fsp3) is 0.500. The molecule has 16 heavy (non-hydrogen) atoms. The standard InChI is InChI=1S/C12H18O4/c1-3-11(13)12(14)16-8-9-4-6-10(15-2)7-5-9/h4-7,11-14H,3,8H2,1-2H3. The van der Waals surface area contributed by atoms with Crippen molar-refractivity contribution in [1.82, 2.24) is 0 Å². The van der Waals surface area contributed by atoms with E-state index in [1.54, 1.807) is 14.0 Å². The van der Waals surface area contributed by atoms with Gasteiger partial charge >= 0.3 is 0 Å². The average Bonchev–Trinajstić information content (AvgIpc) is 2.35. The molecule has 2 N–H and O–H groups in total. The minimum absolute atomic E-state index is 0.266. The zero-order valence-corrected chi connectivity index (χ0v) is 9.59. The number of ether oxygens (including phenoxy) is 2. The molecule has 0 aliphatic rings. The highest BCUT2D eigenvalue weighted by Gasteiger charge is 2.14. The van der Waals surface area contributed by atoms with Gasteiger partial charge < -0.3 is 19.7 Å². The van der Waals surface area contributed by atoms with Crippen molar-refractivity contribution in [1.29, 1.82) is 0 Å². The van der Waals surface area contributed by atoms with Gasteiger partial charge in [0.1, 0.15) is 11.9 Å². The monoisotopic (exact) mass is 226 g/mol. The van der Waals surface area contributed by atoms with Crippen LogP contribution in [0.4, 0.5) is 0 Å². The summed E-state index contributed by atoms with van der Waals surface area (Å²) in [6, 6.07) is 7.34. The van der Waals surface area contributed by atoms with Crippen molar-refractivity contribution < 1.29 is 19.7 Å². The van der Waals surface area contributed by atoms with Crippen molar-refractivity contribution in [3.05, 3.63) is 29.8 Å². The Morgan fingerprint density at radius 3 is 2.31 bits per heavy atom. The molecule has 0 aliphatic heterocycles. The molecule has 1 aromatic carbocycles. The molecule has 1 rings (SSSR count). The Morgan fingerprint density at radius 2 is 1.81 bits per heavy atom. The number of aliphatic hydroxyl groups is 2. The molecule has 0 heterocycles. The normalized spacial score (nSPS) is 14.5. The second-order valence-corrected chi connectivity index (χ2v) is 3.53.